The first-order chi connectivity index (χ1) is 9.44. The number of aromatic nitrogens is 1. The fourth-order valence-corrected chi connectivity index (χ4v) is 2.50. The van der Waals surface area contributed by atoms with Crippen LogP contribution >= 0.6 is 0 Å². The van der Waals surface area contributed by atoms with Crippen LogP contribution in [0.5, 0.6) is 0 Å². The first-order valence-electron chi connectivity index (χ1n) is 6.97. The lowest BCUT2D eigenvalue weighted by Crippen LogP contribution is -2.55. The molecule has 1 heterocycles. The third kappa shape index (κ3) is 2.84. The molecule has 1 aliphatic carbocycles. The fourth-order valence-electron chi connectivity index (χ4n) is 2.50. The Morgan fingerprint density at radius 3 is 2.50 bits per heavy atom. The molecule has 1 aromatic heterocycles. The highest BCUT2D eigenvalue weighted by Gasteiger charge is 2.41. The van der Waals surface area contributed by atoms with E-state index in [0.29, 0.717) is 18.6 Å². The van der Waals surface area contributed by atoms with Crippen molar-refractivity contribution in [1.82, 2.24) is 10.5 Å². The van der Waals surface area contributed by atoms with Crippen LogP contribution in [0.1, 0.15) is 68.1 Å². The molecule has 1 saturated carbocycles. The minimum Gasteiger partial charge on any atom is -0.480 e. The predicted molar refractivity (Wildman–Crippen MR) is 71.5 cm³/mol. The summed E-state index contributed by atoms with van der Waals surface area (Å²) in [5.74, 6) is -0.710. The van der Waals surface area contributed by atoms with Crippen LogP contribution in [0.4, 0.5) is 0 Å². The largest absolute Gasteiger partial charge is 0.480 e. The number of hydrogen-bond acceptors (Lipinski definition) is 4. The molecular formula is C14H20N2O4. The number of carboxylic acid groups (broad SMARTS) is 1. The van der Waals surface area contributed by atoms with Gasteiger partial charge in [-0.15, -0.1) is 0 Å². The molecule has 2 N–H and O–H groups in total. The number of rotatable bonds is 4. The van der Waals surface area contributed by atoms with Crippen LogP contribution < -0.4 is 5.32 Å². The number of aliphatic carboxylic acids is 1. The van der Waals surface area contributed by atoms with E-state index in [9.17, 15) is 14.7 Å². The molecule has 0 aromatic carbocycles. The number of amides is 1. The van der Waals surface area contributed by atoms with Gasteiger partial charge in [0.1, 0.15) is 11.3 Å². The molecule has 1 amide bonds. The zero-order valence-corrected chi connectivity index (χ0v) is 11.8. The minimum absolute atomic E-state index is 0.132. The van der Waals surface area contributed by atoms with Gasteiger partial charge in [-0.3, -0.25) is 4.79 Å². The normalized spacial score (nSPS) is 17.9. The second-order valence-corrected chi connectivity index (χ2v) is 5.67. The van der Waals surface area contributed by atoms with Crippen LogP contribution in [0.15, 0.2) is 10.6 Å². The Morgan fingerprint density at radius 2 is 2.00 bits per heavy atom. The minimum atomic E-state index is -1.16. The maximum Gasteiger partial charge on any atom is 0.329 e. The van der Waals surface area contributed by atoms with E-state index in [4.69, 9.17) is 4.52 Å². The lowest BCUT2D eigenvalue weighted by atomic mass is 9.81. The number of carboxylic acids is 1. The molecular weight excluding hydrogens is 260 g/mol. The van der Waals surface area contributed by atoms with Crippen LogP contribution in [0.2, 0.25) is 0 Å². The van der Waals surface area contributed by atoms with Gasteiger partial charge in [0, 0.05) is 12.0 Å². The van der Waals surface area contributed by atoms with E-state index in [1.165, 1.54) is 0 Å². The summed E-state index contributed by atoms with van der Waals surface area (Å²) < 4.78 is 5.07. The van der Waals surface area contributed by atoms with Crippen LogP contribution in [0.3, 0.4) is 0 Å². The van der Waals surface area contributed by atoms with E-state index in [1.54, 1.807) is 6.07 Å². The van der Waals surface area contributed by atoms with Crippen molar-refractivity contribution in [1.29, 1.82) is 0 Å². The van der Waals surface area contributed by atoms with Gasteiger partial charge in [0.05, 0.1) is 0 Å². The van der Waals surface area contributed by atoms with Crippen molar-refractivity contribution in [3.8, 4) is 0 Å². The molecule has 1 fully saturated rings. The molecule has 0 radical (unpaired) electrons. The van der Waals surface area contributed by atoms with Crippen LogP contribution in [-0.2, 0) is 4.79 Å². The lowest BCUT2D eigenvalue weighted by molar-refractivity contribution is -0.145. The average Bonchev–Trinajstić information content (AvgIpc) is 2.89. The van der Waals surface area contributed by atoms with Crippen molar-refractivity contribution < 1.29 is 19.2 Å². The number of hydrogen-bond donors (Lipinski definition) is 2. The highest BCUT2D eigenvalue weighted by atomic mass is 16.5. The Labute approximate surface area is 117 Å². The zero-order valence-electron chi connectivity index (χ0n) is 11.8. The van der Waals surface area contributed by atoms with Crippen LogP contribution in [-0.4, -0.2) is 27.7 Å². The van der Waals surface area contributed by atoms with Crippen molar-refractivity contribution in [2.45, 2.75) is 57.4 Å². The van der Waals surface area contributed by atoms with Gasteiger partial charge in [-0.05, 0) is 12.8 Å². The molecule has 20 heavy (non-hydrogen) atoms. The maximum absolute atomic E-state index is 12.2. The first kappa shape index (κ1) is 14.6. The molecule has 1 aliphatic rings. The second-order valence-electron chi connectivity index (χ2n) is 5.67. The monoisotopic (exact) mass is 280 g/mol. The summed E-state index contributed by atoms with van der Waals surface area (Å²) in [5.41, 5.74) is -1.02. The number of nitrogens with one attached hydrogen (secondary N) is 1. The Kier molecular flexibility index (Phi) is 4.11. The molecule has 0 atom stereocenters. The Hall–Kier alpha value is -1.85. The summed E-state index contributed by atoms with van der Waals surface area (Å²) in [7, 11) is 0. The third-order valence-electron chi connectivity index (χ3n) is 3.80. The topological polar surface area (TPSA) is 92.4 Å². The van der Waals surface area contributed by atoms with Crippen molar-refractivity contribution in [3.05, 3.63) is 17.5 Å². The van der Waals surface area contributed by atoms with E-state index in [0.717, 1.165) is 19.3 Å². The van der Waals surface area contributed by atoms with Crippen molar-refractivity contribution in [3.63, 3.8) is 0 Å². The summed E-state index contributed by atoms with van der Waals surface area (Å²) in [6.45, 7) is 3.87. The van der Waals surface area contributed by atoms with Gasteiger partial charge in [0.25, 0.3) is 5.91 Å². The molecule has 6 heteroatoms. The molecule has 0 unspecified atom stereocenters. The third-order valence-corrected chi connectivity index (χ3v) is 3.80. The summed E-state index contributed by atoms with van der Waals surface area (Å²) in [5, 5.41) is 15.8. The SMILES string of the molecule is CC(C)c1cc(C(=O)NC2(C(=O)O)CCCCC2)no1. The van der Waals surface area contributed by atoms with E-state index < -0.39 is 17.4 Å². The smallest absolute Gasteiger partial charge is 0.329 e. The summed E-state index contributed by atoms with van der Waals surface area (Å²) >= 11 is 0. The Balaban J connectivity index is 2.13. The molecule has 0 saturated heterocycles. The molecule has 0 aliphatic heterocycles. The molecule has 0 spiro atoms. The standard InChI is InChI=1S/C14H20N2O4/c1-9(2)11-8-10(16-20-11)12(17)15-14(13(18)19)6-4-3-5-7-14/h8-9H,3-7H2,1-2H3,(H,15,17)(H,18,19). The van der Waals surface area contributed by atoms with Gasteiger partial charge < -0.3 is 14.9 Å². The Bertz CT molecular complexity index is 501. The van der Waals surface area contributed by atoms with E-state index in [1.807, 2.05) is 13.8 Å². The number of carbonyl (C=O) groups is 2. The van der Waals surface area contributed by atoms with Gasteiger partial charge in [-0.1, -0.05) is 38.3 Å². The first-order valence-corrected chi connectivity index (χ1v) is 6.97. The van der Waals surface area contributed by atoms with Gasteiger partial charge in [0.15, 0.2) is 5.69 Å². The number of carbonyl (C=O) groups excluding carboxylic acids is 1. The predicted octanol–water partition coefficient (Wildman–Crippen LogP) is 2.32. The van der Waals surface area contributed by atoms with Crippen molar-refractivity contribution >= 4 is 11.9 Å². The summed E-state index contributed by atoms with van der Waals surface area (Å²) in [6.07, 6.45) is 3.55. The molecule has 0 bridgehead atoms. The van der Waals surface area contributed by atoms with E-state index in [-0.39, 0.29) is 11.6 Å². The number of nitrogens with zero attached hydrogens (tertiary/aromatic N) is 1. The van der Waals surface area contributed by atoms with E-state index in [2.05, 4.69) is 10.5 Å². The Morgan fingerprint density at radius 1 is 1.35 bits per heavy atom. The highest BCUT2D eigenvalue weighted by Crippen LogP contribution is 2.29. The quantitative estimate of drug-likeness (QED) is 0.883. The summed E-state index contributed by atoms with van der Waals surface area (Å²) in [4.78, 5) is 23.7. The van der Waals surface area contributed by atoms with Gasteiger partial charge in [-0.2, -0.15) is 0 Å². The zero-order chi connectivity index (χ0) is 14.8. The average molecular weight is 280 g/mol. The van der Waals surface area contributed by atoms with Crippen molar-refractivity contribution in [2.24, 2.45) is 0 Å². The molecule has 2 rings (SSSR count). The fraction of sp³-hybridized carbons (Fsp3) is 0.643. The highest BCUT2D eigenvalue weighted by molar-refractivity contribution is 5.96. The molecule has 6 nitrogen and oxygen atoms in total. The van der Waals surface area contributed by atoms with Crippen molar-refractivity contribution in [2.75, 3.05) is 0 Å². The van der Waals surface area contributed by atoms with Crippen LogP contribution in [0, 0.1) is 0 Å². The maximum atomic E-state index is 12.2. The van der Waals surface area contributed by atoms with Crippen LogP contribution in [0.25, 0.3) is 0 Å². The van der Waals surface area contributed by atoms with Gasteiger partial charge in [-0.25, -0.2) is 4.79 Å². The second kappa shape index (κ2) is 5.64. The van der Waals surface area contributed by atoms with Gasteiger partial charge >= 0.3 is 5.97 Å². The van der Waals surface area contributed by atoms with E-state index >= 15 is 0 Å². The lowest BCUT2D eigenvalue weighted by Gasteiger charge is -2.33. The summed E-state index contributed by atoms with van der Waals surface area (Å²) in [6, 6.07) is 1.57. The van der Waals surface area contributed by atoms with Gasteiger partial charge in [0.2, 0.25) is 0 Å². The molecule has 110 valence electrons. The molecule has 1 aromatic rings.